The summed E-state index contributed by atoms with van der Waals surface area (Å²) in [7, 11) is 0. The lowest BCUT2D eigenvalue weighted by atomic mass is 10.1. The smallest absolute Gasteiger partial charge is 0.357 e. The number of nitrogens with zero attached hydrogens (tertiary/aromatic N) is 2. The second kappa shape index (κ2) is 8.22. The van der Waals surface area contributed by atoms with Crippen LogP contribution in [0.1, 0.15) is 31.3 Å². The maximum Gasteiger partial charge on any atom is 0.357 e. The van der Waals surface area contributed by atoms with E-state index in [0.717, 1.165) is 10.0 Å². The molecule has 0 bridgehead atoms. The molecule has 1 fully saturated rings. The van der Waals surface area contributed by atoms with Crippen LogP contribution >= 0.6 is 15.9 Å². The van der Waals surface area contributed by atoms with Gasteiger partial charge in [0.05, 0.1) is 17.9 Å². The van der Waals surface area contributed by atoms with Crippen LogP contribution in [0.3, 0.4) is 0 Å². The van der Waals surface area contributed by atoms with Gasteiger partial charge in [0.15, 0.2) is 6.10 Å². The van der Waals surface area contributed by atoms with Gasteiger partial charge in [-0.25, -0.2) is 4.79 Å². The van der Waals surface area contributed by atoms with Crippen molar-refractivity contribution in [2.45, 2.75) is 39.1 Å². The van der Waals surface area contributed by atoms with Crippen LogP contribution < -0.4 is 0 Å². The molecule has 8 heteroatoms. The zero-order valence-corrected chi connectivity index (χ0v) is 17.0. The Kier molecular flexibility index (Phi) is 5.96. The molecule has 1 saturated heterocycles. The molecule has 1 aromatic carbocycles. The Hall–Kier alpha value is -2.19. The molecule has 7 nitrogen and oxygen atoms in total. The molecule has 0 aliphatic carbocycles. The highest BCUT2D eigenvalue weighted by Crippen LogP contribution is 2.21. The number of rotatable bonds is 4. The van der Waals surface area contributed by atoms with Crippen LogP contribution in [0.15, 0.2) is 34.8 Å². The van der Waals surface area contributed by atoms with E-state index in [1.54, 1.807) is 17.9 Å². The van der Waals surface area contributed by atoms with E-state index in [2.05, 4.69) is 26.1 Å². The number of ether oxygens (including phenoxy) is 2. The van der Waals surface area contributed by atoms with Crippen LogP contribution in [0, 0.1) is 0 Å². The molecule has 3 rings (SSSR count). The van der Waals surface area contributed by atoms with Crippen LogP contribution in [-0.2, 0) is 14.3 Å². The standard InChI is InChI=1S/C19H22BrN3O4/c1-11-9-23(10-12(2)26-11)18(24)13(3)27-19(25)17-8-16(21-22-17)14-4-6-15(20)7-5-14/h4-8,11-13H,9-10H2,1-3H3,(H,21,22). The van der Waals surface area contributed by atoms with Gasteiger partial charge in [-0.15, -0.1) is 0 Å². The average Bonchev–Trinajstić information content (AvgIpc) is 3.11. The van der Waals surface area contributed by atoms with E-state index in [0.29, 0.717) is 18.8 Å². The first-order valence-electron chi connectivity index (χ1n) is 8.80. The van der Waals surface area contributed by atoms with E-state index in [-0.39, 0.29) is 23.8 Å². The summed E-state index contributed by atoms with van der Waals surface area (Å²) in [6, 6.07) is 9.19. The molecule has 0 radical (unpaired) electrons. The van der Waals surface area contributed by atoms with Crippen molar-refractivity contribution in [3.8, 4) is 11.3 Å². The molecule has 3 atom stereocenters. The molecular formula is C19H22BrN3O4. The van der Waals surface area contributed by atoms with Crippen LogP contribution in [0.25, 0.3) is 11.3 Å². The summed E-state index contributed by atoms with van der Waals surface area (Å²) in [6.07, 6.45) is -0.960. The number of aromatic nitrogens is 2. The minimum Gasteiger partial charge on any atom is -0.448 e. The number of amides is 1. The van der Waals surface area contributed by atoms with Gasteiger partial charge in [-0.3, -0.25) is 9.89 Å². The predicted molar refractivity (Wildman–Crippen MR) is 103 cm³/mol. The van der Waals surface area contributed by atoms with Gasteiger partial charge in [0.2, 0.25) is 0 Å². The van der Waals surface area contributed by atoms with E-state index in [4.69, 9.17) is 9.47 Å². The van der Waals surface area contributed by atoms with Gasteiger partial charge in [-0.1, -0.05) is 28.1 Å². The first kappa shape index (κ1) is 19.6. The molecule has 2 aromatic rings. The molecule has 0 spiro atoms. The molecule has 3 unspecified atom stereocenters. The molecule has 0 saturated carbocycles. The summed E-state index contributed by atoms with van der Waals surface area (Å²) in [5.41, 5.74) is 1.70. The highest BCUT2D eigenvalue weighted by molar-refractivity contribution is 9.10. The van der Waals surface area contributed by atoms with Crippen molar-refractivity contribution in [3.05, 3.63) is 40.5 Å². The third-order valence-electron chi connectivity index (χ3n) is 4.30. The van der Waals surface area contributed by atoms with Crippen molar-refractivity contribution in [2.75, 3.05) is 13.1 Å². The van der Waals surface area contributed by atoms with Gasteiger partial charge in [-0.2, -0.15) is 5.10 Å². The molecule has 1 aliphatic heterocycles. The Balaban J connectivity index is 1.63. The fraction of sp³-hybridized carbons (Fsp3) is 0.421. The first-order valence-corrected chi connectivity index (χ1v) is 9.59. The molecule has 27 heavy (non-hydrogen) atoms. The Morgan fingerprint density at radius 2 is 1.89 bits per heavy atom. The van der Waals surface area contributed by atoms with Crippen molar-refractivity contribution >= 4 is 27.8 Å². The summed E-state index contributed by atoms with van der Waals surface area (Å²) in [4.78, 5) is 26.6. The van der Waals surface area contributed by atoms with Gasteiger partial charge in [0, 0.05) is 23.1 Å². The highest BCUT2D eigenvalue weighted by Gasteiger charge is 2.30. The van der Waals surface area contributed by atoms with Crippen molar-refractivity contribution in [3.63, 3.8) is 0 Å². The van der Waals surface area contributed by atoms with Crippen LogP contribution in [0.4, 0.5) is 0 Å². The number of benzene rings is 1. The number of aromatic amines is 1. The van der Waals surface area contributed by atoms with E-state index in [1.165, 1.54) is 0 Å². The average molecular weight is 436 g/mol. The molecule has 2 heterocycles. The lowest BCUT2D eigenvalue weighted by Crippen LogP contribution is -2.51. The third kappa shape index (κ3) is 4.75. The van der Waals surface area contributed by atoms with Crippen molar-refractivity contribution in [1.29, 1.82) is 0 Å². The third-order valence-corrected chi connectivity index (χ3v) is 4.83. The maximum absolute atomic E-state index is 12.6. The Morgan fingerprint density at radius 3 is 2.52 bits per heavy atom. The second-order valence-corrected chi connectivity index (χ2v) is 7.64. The molecule has 1 aliphatic rings. The molecule has 1 N–H and O–H groups in total. The zero-order chi connectivity index (χ0) is 19.6. The number of nitrogens with one attached hydrogen (secondary N) is 1. The van der Waals surface area contributed by atoms with E-state index in [9.17, 15) is 9.59 Å². The number of hydrogen-bond acceptors (Lipinski definition) is 5. The summed E-state index contributed by atoms with van der Waals surface area (Å²) >= 11 is 3.38. The number of halogens is 1. The Bertz CT molecular complexity index is 811. The quantitative estimate of drug-likeness (QED) is 0.745. The zero-order valence-electron chi connectivity index (χ0n) is 15.4. The number of carbonyl (C=O) groups excluding carboxylic acids is 2. The number of esters is 1. The predicted octanol–water partition coefficient (Wildman–Crippen LogP) is 3.02. The normalized spacial score (nSPS) is 21.0. The van der Waals surface area contributed by atoms with Gasteiger partial charge in [0.1, 0.15) is 5.69 Å². The number of hydrogen-bond donors (Lipinski definition) is 1. The minimum absolute atomic E-state index is 0.0401. The van der Waals surface area contributed by atoms with Crippen LogP contribution in [-0.4, -0.2) is 58.4 Å². The summed E-state index contributed by atoms with van der Waals surface area (Å²) in [6.45, 7) is 6.39. The Morgan fingerprint density at radius 1 is 1.26 bits per heavy atom. The van der Waals surface area contributed by atoms with Gasteiger partial charge in [0.25, 0.3) is 5.91 Å². The SMILES string of the molecule is CC1CN(C(=O)C(C)OC(=O)c2cc(-c3ccc(Br)cc3)n[nH]2)CC(C)O1. The van der Waals surface area contributed by atoms with Crippen molar-refractivity contribution in [1.82, 2.24) is 15.1 Å². The molecular weight excluding hydrogens is 414 g/mol. The lowest BCUT2D eigenvalue weighted by molar-refractivity contribution is -0.151. The number of carbonyl (C=O) groups is 2. The summed E-state index contributed by atoms with van der Waals surface area (Å²) < 4.78 is 11.9. The van der Waals surface area contributed by atoms with Gasteiger partial charge >= 0.3 is 5.97 Å². The maximum atomic E-state index is 12.6. The topological polar surface area (TPSA) is 84.5 Å². The lowest BCUT2D eigenvalue weighted by Gasteiger charge is -2.36. The van der Waals surface area contributed by atoms with E-state index >= 15 is 0 Å². The van der Waals surface area contributed by atoms with Gasteiger partial charge in [-0.05, 0) is 39.0 Å². The molecule has 144 valence electrons. The number of H-pyrrole nitrogens is 1. The number of morpholine rings is 1. The van der Waals surface area contributed by atoms with Crippen LogP contribution in [0.2, 0.25) is 0 Å². The molecule has 1 aromatic heterocycles. The fourth-order valence-electron chi connectivity index (χ4n) is 3.08. The van der Waals surface area contributed by atoms with Gasteiger partial charge < -0.3 is 14.4 Å². The van der Waals surface area contributed by atoms with Crippen LogP contribution in [0.5, 0.6) is 0 Å². The summed E-state index contributed by atoms with van der Waals surface area (Å²) in [5.74, 6) is -0.834. The van der Waals surface area contributed by atoms with Crippen molar-refractivity contribution in [2.24, 2.45) is 0 Å². The van der Waals surface area contributed by atoms with E-state index < -0.39 is 12.1 Å². The monoisotopic (exact) mass is 435 g/mol. The largest absolute Gasteiger partial charge is 0.448 e. The Labute approximate surface area is 166 Å². The first-order chi connectivity index (χ1) is 12.8. The second-order valence-electron chi connectivity index (χ2n) is 6.72. The highest BCUT2D eigenvalue weighted by atomic mass is 79.9. The van der Waals surface area contributed by atoms with E-state index in [1.807, 2.05) is 38.1 Å². The molecule has 1 amide bonds. The minimum atomic E-state index is -0.880. The summed E-state index contributed by atoms with van der Waals surface area (Å²) in [5, 5.41) is 6.82. The van der Waals surface area contributed by atoms with Crippen molar-refractivity contribution < 1.29 is 19.1 Å². The fourth-order valence-corrected chi connectivity index (χ4v) is 3.35.